The minimum Gasteiger partial charge on any atom is -0.383 e. The van der Waals surface area contributed by atoms with Crippen LogP contribution >= 0.6 is 15.9 Å². The van der Waals surface area contributed by atoms with Crippen molar-refractivity contribution in [3.8, 4) is 0 Å². The van der Waals surface area contributed by atoms with Gasteiger partial charge in [-0.05, 0) is 44.0 Å². The Morgan fingerprint density at radius 2 is 1.88 bits per heavy atom. The summed E-state index contributed by atoms with van der Waals surface area (Å²) in [4.78, 5) is 12.6. The fraction of sp³-hybridized carbons (Fsp3) is 0.611. The number of benzene rings is 1. The zero-order valence-corrected chi connectivity index (χ0v) is 17.7. The van der Waals surface area contributed by atoms with E-state index in [9.17, 15) is 13.2 Å². The minimum atomic E-state index is -3.74. The van der Waals surface area contributed by atoms with Crippen LogP contribution in [0.1, 0.15) is 39.0 Å². The molecule has 0 aliphatic heterocycles. The van der Waals surface area contributed by atoms with Crippen molar-refractivity contribution in [3.63, 3.8) is 0 Å². The van der Waals surface area contributed by atoms with Crippen LogP contribution in [0.5, 0.6) is 0 Å². The van der Waals surface area contributed by atoms with Gasteiger partial charge in [-0.2, -0.15) is 4.31 Å². The van der Waals surface area contributed by atoms with E-state index in [0.717, 1.165) is 36.6 Å². The highest BCUT2D eigenvalue weighted by atomic mass is 79.9. The minimum absolute atomic E-state index is 0.138. The molecule has 0 radical (unpaired) electrons. The number of hydrogen-bond acceptors (Lipinski definition) is 4. The van der Waals surface area contributed by atoms with Crippen molar-refractivity contribution in [2.24, 2.45) is 0 Å². The lowest BCUT2D eigenvalue weighted by Gasteiger charge is -2.33. The number of amides is 1. The molecular formula is C18H27BrN2O4S. The molecule has 1 fully saturated rings. The zero-order chi connectivity index (χ0) is 19.2. The quantitative estimate of drug-likeness (QED) is 0.665. The fourth-order valence-electron chi connectivity index (χ4n) is 3.27. The van der Waals surface area contributed by atoms with E-state index in [1.807, 2.05) is 6.92 Å². The summed E-state index contributed by atoms with van der Waals surface area (Å²) in [5.41, 5.74) is 0. The number of carbonyl (C=O) groups is 1. The molecule has 0 heterocycles. The molecule has 2 rings (SSSR count). The summed E-state index contributed by atoms with van der Waals surface area (Å²) < 4.78 is 33.6. The molecule has 6 nitrogen and oxygen atoms in total. The van der Waals surface area contributed by atoms with Crippen LogP contribution in [0.3, 0.4) is 0 Å². The van der Waals surface area contributed by atoms with Gasteiger partial charge >= 0.3 is 0 Å². The smallest absolute Gasteiger partial charge is 0.243 e. The van der Waals surface area contributed by atoms with Crippen LogP contribution in [-0.2, 0) is 19.6 Å². The van der Waals surface area contributed by atoms with Crippen LogP contribution in [0.25, 0.3) is 0 Å². The second-order valence-electron chi connectivity index (χ2n) is 6.72. The van der Waals surface area contributed by atoms with Crippen molar-refractivity contribution in [1.82, 2.24) is 9.62 Å². The van der Waals surface area contributed by atoms with Crippen molar-refractivity contribution in [2.45, 2.75) is 56.0 Å². The lowest BCUT2D eigenvalue weighted by atomic mass is 9.95. The van der Waals surface area contributed by atoms with Gasteiger partial charge in [0.05, 0.1) is 18.0 Å². The lowest BCUT2D eigenvalue weighted by Crippen LogP contribution is -2.49. The Hall–Kier alpha value is -0.960. The van der Waals surface area contributed by atoms with Crippen molar-refractivity contribution >= 4 is 31.9 Å². The van der Waals surface area contributed by atoms with E-state index in [1.165, 1.54) is 4.31 Å². The Morgan fingerprint density at radius 1 is 1.27 bits per heavy atom. The van der Waals surface area contributed by atoms with Gasteiger partial charge in [0.2, 0.25) is 15.9 Å². The molecule has 1 N–H and O–H groups in total. The van der Waals surface area contributed by atoms with Gasteiger partial charge in [0.25, 0.3) is 0 Å². The van der Waals surface area contributed by atoms with Gasteiger partial charge in [-0.15, -0.1) is 0 Å². The Balaban J connectivity index is 2.22. The second kappa shape index (κ2) is 9.82. The SMILES string of the molecule is COC[C@@H](C)NC(=O)CN(C1CCCCC1)S(=O)(=O)c1ccc(Br)cc1. The first-order chi connectivity index (χ1) is 12.3. The van der Waals surface area contributed by atoms with E-state index >= 15 is 0 Å². The summed E-state index contributed by atoms with van der Waals surface area (Å²) in [5, 5.41) is 2.81. The molecule has 1 aromatic carbocycles. The maximum atomic E-state index is 13.2. The third kappa shape index (κ3) is 5.77. The summed E-state index contributed by atoms with van der Waals surface area (Å²) in [6.07, 6.45) is 4.66. The Kier molecular flexibility index (Phi) is 8.06. The van der Waals surface area contributed by atoms with E-state index in [2.05, 4.69) is 21.2 Å². The summed E-state index contributed by atoms with van der Waals surface area (Å²) >= 11 is 3.32. The van der Waals surface area contributed by atoms with Gasteiger partial charge in [0.15, 0.2) is 0 Å². The van der Waals surface area contributed by atoms with Crippen molar-refractivity contribution in [2.75, 3.05) is 20.3 Å². The monoisotopic (exact) mass is 446 g/mol. The van der Waals surface area contributed by atoms with E-state index in [4.69, 9.17) is 4.74 Å². The van der Waals surface area contributed by atoms with Gasteiger partial charge in [0.1, 0.15) is 0 Å². The zero-order valence-electron chi connectivity index (χ0n) is 15.3. The predicted octanol–water partition coefficient (Wildman–Crippen LogP) is 2.92. The average Bonchev–Trinajstić information content (AvgIpc) is 2.61. The highest BCUT2D eigenvalue weighted by Gasteiger charge is 2.34. The first-order valence-electron chi connectivity index (χ1n) is 8.90. The van der Waals surface area contributed by atoms with Gasteiger partial charge < -0.3 is 10.1 Å². The number of rotatable bonds is 8. The molecule has 1 saturated carbocycles. The molecular weight excluding hydrogens is 420 g/mol. The third-order valence-electron chi connectivity index (χ3n) is 4.53. The van der Waals surface area contributed by atoms with Crippen LogP contribution < -0.4 is 5.32 Å². The summed E-state index contributed by atoms with van der Waals surface area (Å²) in [5.74, 6) is -0.305. The van der Waals surface area contributed by atoms with E-state index < -0.39 is 10.0 Å². The van der Waals surface area contributed by atoms with E-state index in [0.29, 0.717) is 6.61 Å². The van der Waals surface area contributed by atoms with Crippen LogP contribution in [-0.4, -0.2) is 51.0 Å². The van der Waals surface area contributed by atoms with Crippen molar-refractivity contribution in [1.29, 1.82) is 0 Å². The van der Waals surface area contributed by atoms with E-state index in [-0.39, 0.29) is 29.4 Å². The van der Waals surface area contributed by atoms with E-state index in [1.54, 1.807) is 31.4 Å². The Labute approximate surface area is 164 Å². The van der Waals surface area contributed by atoms with Gasteiger partial charge in [-0.3, -0.25) is 4.79 Å². The molecule has 26 heavy (non-hydrogen) atoms. The summed E-state index contributed by atoms with van der Waals surface area (Å²) in [6.45, 7) is 2.04. The van der Waals surface area contributed by atoms with Crippen LogP contribution in [0.15, 0.2) is 33.6 Å². The fourth-order valence-corrected chi connectivity index (χ4v) is 5.18. The molecule has 0 bridgehead atoms. The predicted molar refractivity (Wildman–Crippen MR) is 104 cm³/mol. The number of ether oxygens (including phenoxy) is 1. The molecule has 1 aliphatic carbocycles. The maximum Gasteiger partial charge on any atom is 0.243 e. The van der Waals surface area contributed by atoms with Crippen LogP contribution in [0.4, 0.5) is 0 Å². The van der Waals surface area contributed by atoms with Crippen molar-refractivity contribution in [3.05, 3.63) is 28.7 Å². The summed E-state index contributed by atoms with van der Waals surface area (Å²) in [7, 11) is -2.18. The highest BCUT2D eigenvalue weighted by molar-refractivity contribution is 9.10. The van der Waals surface area contributed by atoms with Crippen LogP contribution in [0.2, 0.25) is 0 Å². The number of sulfonamides is 1. The molecule has 146 valence electrons. The highest BCUT2D eigenvalue weighted by Crippen LogP contribution is 2.28. The molecule has 1 aromatic rings. The molecule has 1 atom stereocenters. The molecule has 0 aromatic heterocycles. The normalized spacial score (nSPS) is 17.2. The first-order valence-corrected chi connectivity index (χ1v) is 11.1. The Morgan fingerprint density at radius 3 is 2.46 bits per heavy atom. The van der Waals surface area contributed by atoms with Crippen molar-refractivity contribution < 1.29 is 17.9 Å². The maximum absolute atomic E-state index is 13.2. The average molecular weight is 447 g/mol. The number of nitrogens with one attached hydrogen (secondary N) is 1. The number of carbonyl (C=O) groups excluding carboxylic acids is 1. The topological polar surface area (TPSA) is 75.7 Å². The second-order valence-corrected chi connectivity index (χ2v) is 9.53. The molecule has 1 amide bonds. The number of halogens is 1. The van der Waals surface area contributed by atoms with Gasteiger partial charge in [0, 0.05) is 23.7 Å². The molecule has 1 aliphatic rings. The number of nitrogens with zero attached hydrogens (tertiary/aromatic N) is 1. The first kappa shape index (κ1) is 21.3. The Bertz CT molecular complexity index is 688. The van der Waals surface area contributed by atoms with Gasteiger partial charge in [-0.25, -0.2) is 8.42 Å². The summed E-state index contributed by atoms with van der Waals surface area (Å²) in [6, 6.07) is 6.23. The molecule has 0 spiro atoms. The number of methoxy groups -OCH3 is 1. The number of hydrogen-bond donors (Lipinski definition) is 1. The van der Waals surface area contributed by atoms with Crippen LogP contribution in [0, 0.1) is 0 Å². The molecule has 8 heteroatoms. The van der Waals surface area contributed by atoms with Gasteiger partial charge in [-0.1, -0.05) is 35.2 Å². The molecule has 0 saturated heterocycles. The standard InChI is InChI=1S/C18H27BrN2O4S/c1-14(13-25-2)20-18(22)12-21(16-6-4-3-5-7-16)26(23,24)17-10-8-15(19)9-11-17/h8-11,14,16H,3-7,12-13H2,1-2H3,(H,20,22)/t14-/m1/s1. The third-order valence-corrected chi connectivity index (χ3v) is 6.97. The largest absolute Gasteiger partial charge is 0.383 e. The lowest BCUT2D eigenvalue weighted by molar-refractivity contribution is -0.122. The molecule has 0 unspecified atom stereocenters.